The Kier molecular flexibility index (Phi) is 7.76. The number of rotatable bonds is 9. The molecule has 39 heavy (non-hydrogen) atoms. The van der Waals surface area contributed by atoms with Crippen LogP contribution in [0.3, 0.4) is 0 Å². The molecule has 3 heterocycles. The number of carboxylic acids is 1. The molecule has 4 aromatic rings. The quantitative estimate of drug-likeness (QED) is 0.342. The number of carbonyl (C=O) groups is 1. The van der Waals surface area contributed by atoms with Gasteiger partial charge in [-0.25, -0.2) is 23.5 Å². The molecular formula is C29H34F2N6O2. The predicted molar refractivity (Wildman–Crippen MR) is 148 cm³/mol. The van der Waals surface area contributed by atoms with E-state index in [4.69, 9.17) is 9.97 Å². The zero-order valence-corrected chi connectivity index (χ0v) is 22.6. The van der Waals surface area contributed by atoms with E-state index in [1.807, 2.05) is 17.7 Å². The zero-order valence-electron chi connectivity index (χ0n) is 22.6. The average Bonchev–Trinajstić information content (AvgIpc) is 3.24. The number of piperazine rings is 1. The van der Waals surface area contributed by atoms with Gasteiger partial charge in [0.2, 0.25) is 0 Å². The maximum Gasteiger partial charge on any atom is 0.336 e. The van der Waals surface area contributed by atoms with Crippen molar-refractivity contribution in [3.63, 3.8) is 0 Å². The third-order valence-corrected chi connectivity index (χ3v) is 7.75. The van der Waals surface area contributed by atoms with Gasteiger partial charge in [-0.15, -0.1) is 0 Å². The first kappa shape index (κ1) is 27.0. The Bertz CT molecular complexity index is 1510. The van der Waals surface area contributed by atoms with Gasteiger partial charge in [-0.05, 0) is 49.3 Å². The molecule has 0 amide bonds. The summed E-state index contributed by atoms with van der Waals surface area (Å²) >= 11 is 0. The highest BCUT2D eigenvalue weighted by molar-refractivity contribution is 6.17. The van der Waals surface area contributed by atoms with E-state index in [0.717, 1.165) is 68.2 Å². The molecule has 0 spiro atoms. The molecule has 0 bridgehead atoms. The van der Waals surface area contributed by atoms with Gasteiger partial charge in [0.15, 0.2) is 17.5 Å². The minimum atomic E-state index is -0.979. The molecule has 0 atom stereocenters. The molecule has 1 fully saturated rings. The molecule has 5 rings (SSSR count). The predicted octanol–water partition coefficient (Wildman–Crippen LogP) is 4.30. The molecule has 0 unspecified atom stereocenters. The first-order valence-corrected chi connectivity index (χ1v) is 13.5. The topological polar surface area (TPSA) is 77.7 Å². The van der Waals surface area contributed by atoms with Crippen LogP contribution in [0.5, 0.6) is 0 Å². The monoisotopic (exact) mass is 536 g/mol. The van der Waals surface area contributed by atoms with Crippen LogP contribution in [0.2, 0.25) is 0 Å². The van der Waals surface area contributed by atoms with Gasteiger partial charge < -0.3 is 14.6 Å². The van der Waals surface area contributed by atoms with Crippen LogP contribution < -0.4 is 4.90 Å². The summed E-state index contributed by atoms with van der Waals surface area (Å²) < 4.78 is 28.9. The van der Waals surface area contributed by atoms with Gasteiger partial charge in [0.05, 0.1) is 17.6 Å². The molecule has 1 aliphatic rings. The number of carboxylic acid groups (broad SMARTS) is 1. The lowest BCUT2D eigenvalue weighted by atomic mass is 10.1. The molecule has 0 aliphatic carbocycles. The number of halogens is 2. The van der Waals surface area contributed by atoms with E-state index >= 15 is 0 Å². The first-order chi connectivity index (χ1) is 18.8. The number of aromatic carboxylic acids is 1. The van der Waals surface area contributed by atoms with E-state index in [-0.39, 0.29) is 5.56 Å². The van der Waals surface area contributed by atoms with Gasteiger partial charge in [-0.1, -0.05) is 26.0 Å². The highest BCUT2D eigenvalue weighted by atomic mass is 19.2. The maximum atomic E-state index is 13.6. The standard InChI is InChI=1S/C29H34F2N6O2/c1-4-35(5-2)18-24-32-26-25-20(29(38)39)7-6-8-23(25)34(3)27(26)28(33-24)37-15-13-36(14-16-37)12-11-19-9-10-21(30)22(31)17-19/h6-10,17H,4-5,11-16,18H2,1-3H3,(H,38,39). The fourth-order valence-corrected chi connectivity index (χ4v) is 5.44. The minimum Gasteiger partial charge on any atom is -0.478 e. The molecule has 2 aromatic carbocycles. The van der Waals surface area contributed by atoms with Gasteiger partial charge >= 0.3 is 5.97 Å². The molecule has 1 saturated heterocycles. The smallest absolute Gasteiger partial charge is 0.336 e. The van der Waals surface area contributed by atoms with Gasteiger partial charge in [-0.2, -0.15) is 0 Å². The SMILES string of the molecule is CCN(CC)Cc1nc(N2CCN(CCc3ccc(F)c(F)c3)CC2)c2c(n1)c1c(C(=O)O)cccc1n2C. The van der Waals surface area contributed by atoms with Crippen LogP contribution in [0.4, 0.5) is 14.6 Å². The second kappa shape index (κ2) is 11.2. The summed E-state index contributed by atoms with van der Waals surface area (Å²) in [5, 5.41) is 10.6. The van der Waals surface area contributed by atoms with Crippen molar-refractivity contribution < 1.29 is 18.7 Å². The van der Waals surface area contributed by atoms with Crippen molar-refractivity contribution in [2.24, 2.45) is 7.05 Å². The highest BCUT2D eigenvalue weighted by Gasteiger charge is 2.26. The van der Waals surface area contributed by atoms with Crippen molar-refractivity contribution in [3.05, 3.63) is 65.0 Å². The Morgan fingerprint density at radius 2 is 1.77 bits per heavy atom. The number of aryl methyl sites for hydroxylation is 1. The van der Waals surface area contributed by atoms with Crippen molar-refractivity contribution >= 4 is 33.7 Å². The first-order valence-electron chi connectivity index (χ1n) is 13.5. The van der Waals surface area contributed by atoms with E-state index in [0.29, 0.717) is 29.7 Å². The van der Waals surface area contributed by atoms with Gasteiger partial charge in [0.1, 0.15) is 16.9 Å². The number of aromatic nitrogens is 3. The maximum absolute atomic E-state index is 13.6. The van der Waals surface area contributed by atoms with Crippen molar-refractivity contribution in [3.8, 4) is 0 Å². The summed E-state index contributed by atoms with van der Waals surface area (Å²) in [4.78, 5) is 28.9. The summed E-state index contributed by atoms with van der Waals surface area (Å²) in [5.41, 5.74) is 3.32. The molecule has 8 nitrogen and oxygen atoms in total. The minimum absolute atomic E-state index is 0.235. The summed E-state index contributed by atoms with van der Waals surface area (Å²) in [6.45, 7) is 10.3. The van der Waals surface area contributed by atoms with Crippen molar-refractivity contribution in [2.75, 3.05) is 50.7 Å². The van der Waals surface area contributed by atoms with E-state index in [2.05, 4.69) is 28.5 Å². The molecule has 206 valence electrons. The van der Waals surface area contributed by atoms with Crippen LogP contribution in [0.25, 0.3) is 21.9 Å². The third-order valence-electron chi connectivity index (χ3n) is 7.75. The largest absolute Gasteiger partial charge is 0.478 e. The lowest BCUT2D eigenvalue weighted by Gasteiger charge is -2.36. The normalized spacial score (nSPS) is 14.7. The molecule has 2 aromatic heterocycles. The number of fused-ring (bicyclic) bond motifs is 3. The summed E-state index contributed by atoms with van der Waals surface area (Å²) in [7, 11) is 1.94. The van der Waals surface area contributed by atoms with Crippen molar-refractivity contribution in [2.45, 2.75) is 26.8 Å². The fourth-order valence-electron chi connectivity index (χ4n) is 5.44. The lowest BCUT2D eigenvalue weighted by molar-refractivity contribution is 0.0699. The van der Waals surface area contributed by atoms with Crippen molar-refractivity contribution in [1.82, 2.24) is 24.3 Å². The molecular weight excluding hydrogens is 502 g/mol. The van der Waals surface area contributed by atoms with Crippen molar-refractivity contribution in [1.29, 1.82) is 0 Å². The number of anilines is 1. The average molecular weight is 537 g/mol. The Hall–Kier alpha value is -3.63. The highest BCUT2D eigenvalue weighted by Crippen LogP contribution is 2.35. The summed E-state index contributed by atoms with van der Waals surface area (Å²) in [5.74, 6) is -1.13. The molecule has 0 radical (unpaired) electrons. The van der Waals surface area contributed by atoms with E-state index in [1.54, 1.807) is 18.2 Å². The zero-order chi connectivity index (χ0) is 27.7. The second-order valence-corrected chi connectivity index (χ2v) is 10.0. The van der Waals surface area contributed by atoms with Gasteiger partial charge in [0, 0.05) is 45.2 Å². The molecule has 1 N–H and O–H groups in total. The van der Waals surface area contributed by atoms with Crippen LogP contribution in [0, 0.1) is 11.6 Å². The Morgan fingerprint density at radius 3 is 2.44 bits per heavy atom. The van der Waals surface area contributed by atoms with Crippen LogP contribution >= 0.6 is 0 Å². The number of hydrogen-bond donors (Lipinski definition) is 1. The molecule has 10 heteroatoms. The number of benzene rings is 2. The van der Waals surface area contributed by atoms with Gasteiger partial charge in [-0.3, -0.25) is 9.80 Å². The summed E-state index contributed by atoms with van der Waals surface area (Å²) in [6.07, 6.45) is 0.643. The Balaban J connectivity index is 1.46. The van der Waals surface area contributed by atoms with E-state index < -0.39 is 17.6 Å². The Morgan fingerprint density at radius 1 is 1.03 bits per heavy atom. The summed E-state index contributed by atoms with van der Waals surface area (Å²) in [6, 6.07) is 9.40. The number of hydrogen-bond acceptors (Lipinski definition) is 6. The number of nitrogens with zero attached hydrogens (tertiary/aromatic N) is 6. The second-order valence-electron chi connectivity index (χ2n) is 10.0. The molecule has 0 saturated carbocycles. The van der Waals surface area contributed by atoms with Crippen LogP contribution in [0.15, 0.2) is 36.4 Å². The molecule has 1 aliphatic heterocycles. The van der Waals surface area contributed by atoms with Gasteiger partial charge in [0.25, 0.3) is 0 Å². The fraction of sp³-hybridized carbons (Fsp3) is 0.414. The van der Waals surface area contributed by atoms with Crippen LogP contribution in [-0.4, -0.2) is 81.2 Å². The van der Waals surface area contributed by atoms with E-state index in [9.17, 15) is 18.7 Å². The van der Waals surface area contributed by atoms with Crippen LogP contribution in [0.1, 0.15) is 35.6 Å². The van der Waals surface area contributed by atoms with E-state index in [1.165, 1.54) is 12.1 Å². The Labute approximate surface area is 226 Å². The lowest BCUT2D eigenvalue weighted by Crippen LogP contribution is -2.47. The van der Waals surface area contributed by atoms with Crippen LogP contribution in [-0.2, 0) is 20.0 Å². The third kappa shape index (κ3) is 5.31.